The van der Waals surface area contributed by atoms with Gasteiger partial charge in [-0.25, -0.2) is 4.98 Å². The van der Waals surface area contributed by atoms with Crippen molar-refractivity contribution >= 4 is 15.9 Å². The van der Waals surface area contributed by atoms with Crippen molar-refractivity contribution in [2.75, 3.05) is 7.11 Å². The predicted octanol–water partition coefficient (Wildman–Crippen LogP) is 2.67. The average Bonchev–Trinajstić information content (AvgIpc) is 2.64. The molecule has 1 aromatic heterocycles. The van der Waals surface area contributed by atoms with E-state index in [0.29, 0.717) is 4.83 Å². The minimum absolute atomic E-state index is 0.140. The van der Waals surface area contributed by atoms with Crippen molar-refractivity contribution in [1.29, 1.82) is 0 Å². The van der Waals surface area contributed by atoms with Gasteiger partial charge in [-0.3, -0.25) is 0 Å². The number of aromatic amines is 1. The molecule has 1 N–H and O–H groups in total. The molecule has 0 aromatic carbocycles. The summed E-state index contributed by atoms with van der Waals surface area (Å²) in [6, 6.07) is 0. The van der Waals surface area contributed by atoms with Gasteiger partial charge >= 0.3 is 0 Å². The molecule has 1 aromatic rings. The number of rotatable bonds is 5. The van der Waals surface area contributed by atoms with Crippen molar-refractivity contribution in [3.63, 3.8) is 0 Å². The van der Waals surface area contributed by atoms with Gasteiger partial charge in [0.2, 0.25) is 0 Å². The summed E-state index contributed by atoms with van der Waals surface area (Å²) >= 11 is 3.71. The van der Waals surface area contributed by atoms with Crippen LogP contribution in [0.1, 0.15) is 31.5 Å². The second-order valence-electron chi connectivity index (χ2n) is 4.28. The Morgan fingerprint density at radius 2 is 2.47 bits per heavy atom. The monoisotopic (exact) mass is 272 g/mol. The molecule has 0 saturated heterocycles. The quantitative estimate of drug-likeness (QED) is 0.837. The van der Waals surface area contributed by atoms with Crippen LogP contribution in [0.4, 0.5) is 0 Å². The standard InChI is InChI=1S/C11H17BrN2O/c1-15-11(3-2-4-11)8-9(12)7-10-13-5-6-14-10/h5-6,9H,2-4,7-8H2,1H3,(H,13,14). The average molecular weight is 273 g/mol. The van der Waals surface area contributed by atoms with E-state index in [2.05, 4.69) is 25.9 Å². The van der Waals surface area contributed by atoms with Gasteiger partial charge in [0.25, 0.3) is 0 Å². The minimum atomic E-state index is 0.140. The lowest BCUT2D eigenvalue weighted by molar-refractivity contribution is -0.0771. The van der Waals surface area contributed by atoms with Crippen LogP contribution in [0.25, 0.3) is 0 Å². The zero-order valence-corrected chi connectivity index (χ0v) is 10.6. The van der Waals surface area contributed by atoms with Gasteiger partial charge in [0.05, 0.1) is 5.60 Å². The highest BCUT2D eigenvalue weighted by Crippen LogP contribution is 2.40. The van der Waals surface area contributed by atoms with Crippen LogP contribution in [-0.4, -0.2) is 27.5 Å². The second-order valence-corrected chi connectivity index (χ2v) is 5.58. The number of H-pyrrole nitrogens is 1. The Hall–Kier alpha value is -0.350. The predicted molar refractivity (Wildman–Crippen MR) is 63.2 cm³/mol. The van der Waals surface area contributed by atoms with Gasteiger partial charge in [0.1, 0.15) is 5.82 Å². The molecule has 15 heavy (non-hydrogen) atoms. The molecule has 84 valence electrons. The summed E-state index contributed by atoms with van der Waals surface area (Å²) in [5, 5.41) is 0. The van der Waals surface area contributed by atoms with Crippen LogP contribution >= 0.6 is 15.9 Å². The summed E-state index contributed by atoms with van der Waals surface area (Å²) in [4.78, 5) is 7.80. The SMILES string of the molecule is COC1(CC(Br)Cc2ncc[nH]2)CCC1. The van der Waals surface area contributed by atoms with E-state index in [1.54, 1.807) is 6.20 Å². The fourth-order valence-corrected chi connectivity index (χ4v) is 3.05. The maximum Gasteiger partial charge on any atom is 0.107 e. The third-order valence-electron chi connectivity index (χ3n) is 3.26. The van der Waals surface area contributed by atoms with Crippen LogP contribution in [0.3, 0.4) is 0 Å². The Morgan fingerprint density at radius 1 is 1.67 bits per heavy atom. The van der Waals surface area contributed by atoms with Gasteiger partial charge in [-0.2, -0.15) is 0 Å². The first-order chi connectivity index (χ1) is 7.24. The first-order valence-corrected chi connectivity index (χ1v) is 6.33. The lowest BCUT2D eigenvalue weighted by atomic mass is 9.76. The molecule has 1 unspecified atom stereocenters. The number of hydrogen-bond donors (Lipinski definition) is 1. The lowest BCUT2D eigenvalue weighted by Crippen LogP contribution is -2.41. The molecule has 3 nitrogen and oxygen atoms in total. The van der Waals surface area contributed by atoms with Crippen LogP contribution in [-0.2, 0) is 11.2 Å². The number of methoxy groups -OCH3 is 1. The topological polar surface area (TPSA) is 37.9 Å². The van der Waals surface area contributed by atoms with Gasteiger partial charge in [-0.05, 0) is 25.7 Å². The molecule has 1 aliphatic rings. The first kappa shape index (κ1) is 11.1. The number of hydrogen-bond acceptors (Lipinski definition) is 2. The number of nitrogens with zero attached hydrogens (tertiary/aromatic N) is 1. The molecule has 1 fully saturated rings. The molecule has 1 aliphatic carbocycles. The smallest absolute Gasteiger partial charge is 0.107 e. The molecule has 0 aliphatic heterocycles. The van der Waals surface area contributed by atoms with Crippen molar-refractivity contribution in [3.05, 3.63) is 18.2 Å². The number of imidazole rings is 1. The van der Waals surface area contributed by atoms with Crippen molar-refractivity contribution in [1.82, 2.24) is 9.97 Å². The van der Waals surface area contributed by atoms with Crippen LogP contribution in [0, 0.1) is 0 Å². The summed E-state index contributed by atoms with van der Waals surface area (Å²) in [6.45, 7) is 0. The fraction of sp³-hybridized carbons (Fsp3) is 0.727. The van der Waals surface area contributed by atoms with Crippen molar-refractivity contribution < 1.29 is 4.74 Å². The van der Waals surface area contributed by atoms with Gasteiger partial charge in [-0.15, -0.1) is 0 Å². The van der Waals surface area contributed by atoms with E-state index in [1.165, 1.54) is 19.3 Å². The molecule has 2 rings (SSSR count). The van der Waals surface area contributed by atoms with Crippen LogP contribution < -0.4 is 0 Å². The summed E-state index contributed by atoms with van der Waals surface area (Å²) in [5.41, 5.74) is 0.140. The summed E-state index contributed by atoms with van der Waals surface area (Å²) in [5.74, 6) is 1.04. The van der Waals surface area contributed by atoms with E-state index >= 15 is 0 Å². The normalized spacial score (nSPS) is 20.9. The molecule has 0 spiro atoms. The van der Waals surface area contributed by atoms with Gasteiger partial charge in [-0.1, -0.05) is 15.9 Å². The van der Waals surface area contributed by atoms with E-state index in [1.807, 2.05) is 13.3 Å². The number of alkyl halides is 1. The summed E-state index contributed by atoms with van der Waals surface area (Å²) in [7, 11) is 1.83. The number of ether oxygens (including phenoxy) is 1. The number of aromatic nitrogens is 2. The van der Waals surface area contributed by atoms with Gasteiger partial charge in [0.15, 0.2) is 0 Å². The van der Waals surface area contributed by atoms with E-state index in [0.717, 1.165) is 18.7 Å². The minimum Gasteiger partial charge on any atom is -0.378 e. The Labute approximate surface area is 98.8 Å². The highest BCUT2D eigenvalue weighted by atomic mass is 79.9. The number of halogens is 1. The zero-order valence-electron chi connectivity index (χ0n) is 9.00. The maximum absolute atomic E-state index is 5.60. The maximum atomic E-state index is 5.60. The Kier molecular flexibility index (Phi) is 3.46. The molecule has 0 bridgehead atoms. The Morgan fingerprint density at radius 3 is 2.93 bits per heavy atom. The van der Waals surface area contributed by atoms with E-state index in [4.69, 9.17) is 4.74 Å². The fourth-order valence-electron chi connectivity index (χ4n) is 2.16. The summed E-state index contributed by atoms with van der Waals surface area (Å²) < 4.78 is 5.60. The third kappa shape index (κ3) is 2.61. The van der Waals surface area contributed by atoms with Crippen molar-refractivity contribution in [2.24, 2.45) is 0 Å². The Balaban J connectivity index is 1.84. The van der Waals surface area contributed by atoms with Crippen LogP contribution in [0.15, 0.2) is 12.4 Å². The molecule has 0 radical (unpaired) electrons. The van der Waals surface area contributed by atoms with Crippen LogP contribution in [0.5, 0.6) is 0 Å². The highest BCUT2D eigenvalue weighted by molar-refractivity contribution is 9.09. The first-order valence-electron chi connectivity index (χ1n) is 5.42. The van der Waals surface area contributed by atoms with Crippen molar-refractivity contribution in [2.45, 2.75) is 42.5 Å². The Bertz CT molecular complexity index is 290. The van der Waals surface area contributed by atoms with Crippen molar-refractivity contribution in [3.8, 4) is 0 Å². The largest absolute Gasteiger partial charge is 0.378 e. The molecule has 1 saturated carbocycles. The highest BCUT2D eigenvalue weighted by Gasteiger charge is 2.38. The van der Waals surface area contributed by atoms with Gasteiger partial charge in [0, 0.05) is 30.8 Å². The zero-order chi connectivity index (χ0) is 10.7. The molecular weight excluding hydrogens is 256 g/mol. The molecule has 1 atom stereocenters. The molecule has 1 heterocycles. The molecule has 0 amide bonds. The third-order valence-corrected chi connectivity index (χ3v) is 3.91. The molecular formula is C11H17BrN2O. The second kappa shape index (κ2) is 4.66. The van der Waals surface area contributed by atoms with E-state index < -0.39 is 0 Å². The van der Waals surface area contributed by atoms with Gasteiger partial charge < -0.3 is 9.72 Å². The van der Waals surface area contributed by atoms with E-state index in [-0.39, 0.29) is 5.60 Å². The van der Waals surface area contributed by atoms with E-state index in [9.17, 15) is 0 Å². The lowest BCUT2D eigenvalue weighted by Gasteiger charge is -2.41. The molecule has 4 heteroatoms. The summed E-state index contributed by atoms with van der Waals surface area (Å²) in [6.07, 6.45) is 9.37. The number of nitrogens with one attached hydrogen (secondary N) is 1. The van der Waals surface area contributed by atoms with Crippen LogP contribution in [0.2, 0.25) is 0 Å².